The highest BCUT2D eigenvalue weighted by molar-refractivity contribution is 5.94. The SMILES string of the molecule is Cc1cccc(Cc2cccc([C@@H]3CCCN(C(=O)c4cccc(-n5cnnc5)c4)C3)n2)c1. The molecule has 0 N–H and O–H groups in total. The topological polar surface area (TPSA) is 63.9 Å². The molecule has 0 saturated carbocycles. The summed E-state index contributed by atoms with van der Waals surface area (Å²) in [5.41, 5.74) is 6.25. The van der Waals surface area contributed by atoms with Crippen molar-refractivity contribution in [2.24, 2.45) is 0 Å². The Hall–Kier alpha value is -3.80. The zero-order valence-corrected chi connectivity index (χ0v) is 18.8. The van der Waals surface area contributed by atoms with E-state index in [1.54, 1.807) is 17.2 Å². The summed E-state index contributed by atoms with van der Waals surface area (Å²) in [5.74, 6) is 0.312. The summed E-state index contributed by atoms with van der Waals surface area (Å²) in [6.07, 6.45) is 6.11. The number of aryl methyl sites for hydroxylation is 1. The fraction of sp³-hybridized carbons (Fsp3) is 0.259. The minimum atomic E-state index is 0.0607. The van der Waals surface area contributed by atoms with E-state index in [9.17, 15) is 4.79 Å². The number of amides is 1. The Balaban J connectivity index is 1.31. The summed E-state index contributed by atoms with van der Waals surface area (Å²) in [5, 5.41) is 7.71. The minimum absolute atomic E-state index is 0.0607. The molecule has 1 saturated heterocycles. The Kier molecular flexibility index (Phi) is 5.98. The molecule has 3 heterocycles. The monoisotopic (exact) mass is 437 g/mol. The van der Waals surface area contributed by atoms with Crippen molar-refractivity contribution in [2.75, 3.05) is 13.1 Å². The molecule has 1 amide bonds. The summed E-state index contributed by atoms with van der Waals surface area (Å²) in [7, 11) is 0. The molecule has 0 unspecified atom stereocenters. The molecule has 6 heteroatoms. The van der Waals surface area contributed by atoms with Crippen molar-refractivity contribution in [1.29, 1.82) is 0 Å². The van der Waals surface area contributed by atoms with Crippen LogP contribution >= 0.6 is 0 Å². The van der Waals surface area contributed by atoms with Gasteiger partial charge in [0.15, 0.2) is 0 Å². The molecule has 1 aliphatic heterocycles. The van der Waals surface area contributed by atoms with Gasteiger partial charge in [0.2, 0.25) is 0 Å². The van der Waals surface area contributed by atoms with Gasteiger partial charge in [-0.2, -0.15) is 0 Å². The Morgan fingerprint density at radius 1 is 1.00 bits per heavy atom. The van der Waals surface area contributed by atoms with Crippen LogP contribution < -0.4 is 0 Å². The summed E-state index contributed by atoms with van der Waals surface area (Å²) in [4.78, 5) is 20.3. The number of rotatable bonds is 5. The van der Waals surface area contributed by atoms with Crippen molar-refractivity contribution in [2.45, 2.75) is 32.1 Å². The van der Waals surface area contributed by atoms with Crippen LogP contribution in [-0.2, 0) is 6.42 Å². The summed E-state index contributed by atoms with van der Waals surface area (Å²) >= 11 is 0. The van der Waals surface area contributed by atoms with E-state index in [0.29, 0.717) is 12.1 Å². The molecule has 0 aliphatic carbocycles. The van der Waals surface area contributed by atoms with Crippen LogP contribution in [0.15, 0.2) is 79.4 Å². The van der Waals surface area contributed by atoms with Crippen molar-refractivity contribution in [3.8, 4) is 5.69 Å². The van der Waals surface area contributed by atoms with Crippen LogP contribution in [0.1, 0.15) is 51.6 Å². The first-order chi connectivity index (χ1) is 16.2. The molecule has 2 aromatic heterocycles. The van der Waals surface area contributed by atoms with Crippen molar-refractivity contribution in [1.82, 2.24) is 24.6 Å². The average molecular weight is 438 g/mol. The third-order valence-corrected chi connectivity index (χ3v) is 6.23. The third-order valence-electron chi connectivity index (χ3n) is 6.23. The largest absolute Gasteiger partial charge is 0.338 e. The van der Waals surface area contributed by atoms with Crippen LogP contribution in [0.3, 0.4) is 0 Å². The van der Waals surface area contributed by atoms with Gasteiger partial charge in [0.1, 0.15) is 12.7 Å². The second-order valence-electron chi connectivity index (χ2n) is 8.73. The van der Waals surface area contributed by atoms with Crippen LogP contribution in [-0.4, -0.2) is 43.6 Å². The van der Waals surface area contributed by atoms with Crippen LogP contribution in [0, 0.1) is 6.92 Å². The van der Waals surface area contributed by atoms with E-state index in [1.165, 1.54) is 11.1 Å². The number of carbonyl (C=O) groups is 1. The second kappa shape index (κ2) is 9.36. The van der Waals surface area contributed by atoms with E-state index >= 15 is 0 Å². The predicted molar refractivity (Wildman–Crippen MR) is 127 cm³/mol. The van der Waals surface area contributed by atoms with Gasteiger partial charge in [-0.05, 0) is 55.7 Å². The van der Waals surface area contributed by atoms with Crippen molar-refractivity contribution < 1.29 is 4.79 Å². The molecule has 0 bridgehead atoms. The first-order valence-corrected chi connectivity index (χ1v) is 11.4. The standard InChI is InChI=1S/C27H27N5O/c1-20-6-2-7-21(14-20)15-24-10-4-12-26(30-24)23-9-5-13-31(17-23)27(33)22-8-3-11-25(16-22)32-18-28-29-19-32/h2-4,6-8,10-12,14,16,18-19,23H,5,9,13,15,17H2,1H3/t23-/m1/s1. The van der Waals surface area contributed by atoms with E-state index in [4.69, 9.17) is 4.98 Å². The minimum Gasteiger partial charge on any atom is -0.338 e. The molecule has 1 atom stereocenters. The number of hydrogen-bond donors (Lipinski definition) is 0. The smallest absolute Gasteiger partial charge is 0.253 e. The van der Waals surface area contributed by atoms with Crippen LogP contribution in [0.2, 0.25) is 0 Å². The van der Waals surface area contributed by atoms with E-state index in [-0.39, 0.29) is 11.8 Å². The molecule has 1 fully saturated rings. The second-order valence-corrected chi connectivity index (χ2v) is 8.73. The lowest BCUT2D eigenvalue weighted by Crippen LogP contribution is -2.39. The van der Waals surface area contributed by atoms with Gasteiger partial charge in [-0.3, -0.25) is 14.3 Å². The van der Waals surface area contributed by atoms with Crippen molar-refractivity contribution in [3.05, 3.63) is 107 Å². The summed E-state index contributed by atoms with van der Waals surface area (Å²) < 4.78 is 1.80. The number of aromatic nitrogens is 4. The van der Waals surface area contributed by atoms with Crippen LogP contribution in [0.25, 0.3) is 5.69 Å². The molecule has 166 valence electrons. The molecule has 0 spiro atoms. The Morgan fingerprint density at radius 3 is 2.67 bits per heavy atom. The van der Waals surface area contributed by atoms with E-state index in [0.717, 1.165) is 42.9 Å². The lowest BCUT2D eigenvalue weighted by atomic mass is 9.93. The zero-order chi connectivity index (χ0) is 22.6. The number of piperidine rings is 1. The number of hydrogen-bond acceptors (Lipinski definition) is 4. The number of carbonyl (C=O) groups excluding carboxylic acids is 1. The van der Waals surface area contributed by atoms with Crippen molar-refractivity contribution >= 4 is 5.91 Å². The van der Waals surface area contributed by atoms with Gasteiger partial charge in [0, 0.05) is 48.1 Å². The Bertz CT molecular complexity index is 1250. The van der Waals surface area contributed by atoms with Gasteiger partial charge in [-0.1, -0.05) is 42.0 Å². The molecule has 1 aliphatic rings. The van der Waals surface area contributed by atoms with E-state index < -0.39 is 0 Å². The van der Waals surface area contributed by atoms with Gasteiger partial charge in [0.25, 0.3) is 5.91 Å². The summed E-state index contributed by atoms with van der Waals surface area (Å²) in [6, 6.07) is 22.5. The fourth-order valence-corrected chi connectivity index (χ4v) is 4.57. The highest BCUT2D eigenvalue weighted by Gasteiger charge is 2.26. The van der Waals surface area contributed by atoms with Gasteiger partial charge >= 0.3 is 0 Å². The van der Waals surface area contributed by atoms with Gasteiger partial charge in [0.05, 0.1) is 0 Å². The van der Waals surface area contributed by atoms with Gasteiger partial charge in [-0.25, -0.2) is 0 Å². The molecule has 0 radical (unpaired) electrons. The number of nitrogens with zero attached hydrogens (tertiary/aromatic N) is 5. The molecule has 4 aromatic rings. The quantitative estimate of drug-likeness (QED) is 0.458. The Labute approximate surface area is 193 Å². The maximum Gasteiger partial charge on any atom is 0.253 e. The van der Waals surface area contributed by atoms with E-state index in [1.807, 2.05) is 29.2 Å². The zero-order valence-electron chi connectivity index (χ0n) is 18.8. The maximum absolute atomic E-state index is 13.3. The molecule has 33 heavy (non-hydrogen) atoms. The highest BCUT2D eigenvalue weighted by atomic mass is 16.2. The normalized spacial score (nSPS) is 16.0. The van der Waals surface area contributed by atoms with Crippen LogP contribution in [0.4, 0.5) is 0 Å². The Morgan fingerprint density at radius 2 is 1.82 bits per heavy atom. The summed E-state index contributed by atoms with van der Waals surface area (Å²) in [6.45, 7) is 3.58. The highest BCUT2D eigenvalue weighted by Crippen LogP contribution is 2.27. The number of pyridine rings is 1. The van der Waals surface area contributed by atoms with Crippen LogP contribution in [0.5, 0.6) is 0 Å². The first kappa shape index (κ1) is 21.1. The lowest BCUT2D eigenvalue weighted by Gasteiger charge is -2.33. The molecule has 6 nitrogen and oxygen atoms in total. The number of benzene rings is 2. The average Bonchev–Trinajstić information content (AvgIpc) is 3.39. The fourth-order valence-electron chi connectivity index (χ4n) is 4.57. The lowest BCUT2D eigenvalue weighted by molar-refractivity contribution is 0.0706. The molecular formula is C27H27N5O. The predicted octanol–water partition coefficient (Wildman–Crippen LogP) is 4.58. The maximum atomic E-state index is 13.3. The molecule has 5 rings (SSSR count). The third kappa shape index (κ3) is 4.85. The molecule has 2 aromatic carbocycles. The van der Waals surface area contributed by atoms with Crippen molar-refractivity contribution in [3.63, 3.8) is 0 Å². The first-order valence-electron chi connectivity index (χ1n) is 11.4. The van der Waals surface area contributed by atoms with E-state index in [2.05, 4.69) is 59.6 Å². The molecular weight excluding hydrogens is 410 g/mol. The van der Waals surface area contributed by atoms with Gasteiger partial charge in [-0.15, -0.1) is 10.2 Å². The van der Waals surface area contributed by atoms with Gasteiger partial charge < -0.3 is 4.90 Å². The number of likely N-dealkylation sites (tertiary alicyclic amines) is 1.